The lowest BCUT2D eigenvalue weighted by molar-refractivity contribution is 0.585. The molecule has 0 aliphatic heterocycles. The van der Waals surface area contributed by atoms with Crippen LogP contribution in [0.25, 0.3) is 0 Å². The van der Waals surface area contributed by atoms with Gasteiger partial charge in [-0.15, -0.1) is 0 Å². The average molecular weight is 289 g/mol. The molecule has 1 heterocycles. The molecule has 0 atom stereocenters. The van der Waals surface area contributed by atoms with Gasteiger partial charge in [0.05, 0.1) is 5.69 Å². The molecule has 2 nitrogen and oxygen atoms in total. The fraction of sp³-hybridized carbons (Fsp3) is 0.545. The lowest BCUT2D eigenvalue weighted by Gasteiger charge is -2.22. The topological polar surface area (TPSA) is 24.9 Å². The monoisotopic (exact) mass is 288 g/mol. The van der Waals surface area contributed by atoms with Crippen LogP contribution in [-0.4, -0.2) is 22.5 Å². The van der Waals surface area contributed by atoms with Crippen molar-refractivity contribution in [2.24, 2.45) is 0 Å². The lowest BCUT2D eigenvalue weighted by atomic mass is 10.2. The highest BCUT2D eigenvalue weighted by Gasteiger charge is 2.14. The SMILES string of the molecule is CSC(C)(C)CNCc1cccc(Br)n1. The molecule has 15 heavy (non-hydrogen) atoms. The van der Waals surface area contributed by atoms with Crippen LogP contribution >= 0.6 is 27.7 Å². The molecule has 1 aromatic rings. The summed E-state index contributed by atoms with van der Waals surface area (Å²) >= 11 is 5.24. The molecule has 0 saturated carbocycles. The van der Waals surface area contributed by atoms with E-state index in [0.717, 1.165) is 23.4 Å². The fourth-order valence-corrected chi connectivity index (χ4v) is 1.74. The van der Waals surface area contributed by atoms with E-state index in [-0.39, 0.29) is 4.75 Å². The summed E-state index contributed by atoms with van der Waals surface area (Å²) in [5, 5.41) is 3.42. The number of nitrogens with zero attached hydrogens (tertiary/aromatic N) is 1. The van der Waals surface area contributed by atoms with Gasteiger partial charge in [-0.2, -0.15) is 11.8 Å². The van der Waals surface area contributed by atoms with Crippen LogP contribution in [0.2, 0.25) is 0 Å². The van der Waals surface area contributed by atoms with Gasteiger partial charge in [-0.3, -0.25) is 0 Å². The maximum absolute atomic E-state index is 4.37. The normalized spacial score (nSPS) is 11.7. The van der Waals surface area contributed by atoms with E-state index < -0.39 is 0 Å². The Morgan fingerprint density at radius 1 is 1.47 bits per heavy atom. The van der Waals surface area contributed by atoms with Gasteiger partial charge in [0.15, 0.2) is 0 Å². The number of rotatable bonds is 5. The summed E-state index contributed by atoms with van der Waals surface area (Å²) in [4.78, 5) is 4.37. The Hall–Kier alpha value is -0.0600. The number of aromatic nitrogens is 1. The summed E-state index contributed by atoms with van der Waals surface area (Å²) in [5.41, 5.74) is 1.07. The van der Waals surface area contributed by atoms with Crippen LogP contribution < -0.4 is 5.32 Å². The van der Waals surface area contributed by atoms with Gasteiger partial charge in [0.1, 0.15) is 4.60 Å². The minimum atomic E-state index is 0.284. The largest absolute Gasteiger partial charge is 0.310 e. The number of pyridine rings is 1. The van der Waals surface area contributed by atoms with Gasteiger partial charge >= 0.3 is 0 Å². The second-order valence-corrected chi connectivity index (χ2v) is 6.34. The Balaban J connectivity index is 2.38. The quantitative estimate of drug-likeness (QED) is 0.843. The van der Waals surface area contributed by atoms with Gasteiger partial charge in [-0.1, -0.05) is 6.07 Å². The van der Waals surface area contributed by atoms with Crippen LogP contribution in [0.3, 0.4) is 0 Å². The summed E-state index contributed by atoms with van der Waals surface area (Å²) in [6.45, 7) is 6.28. The smallest absolute Gasteiger partial charge is 0.106 e. The van der Waals surface area contributed by atoms with Crippen molar-refractivity contribution >= 4 is 27.7 Å². The van der Waals surface area contributed by atoms with E-state index in [1.165, 1.54) is 0 Å². The summed E-state index contributed by atoms with van der Waals surface area (Å²) in [6, 6.07) is 5.98. The van der Waals surface area contributed by atoms with E-state index in [1.807, 2.05) is 30.0 Å². The van der Waals surface area contributed by atoms with Crippen LogP contribution in [0.4, 0.5) is 0 Å². The van der Waals surface area contributed by atoms with E-state index in [9.17, 15) is 0 Å². The maximum Gasteiger partial charge on any atom is 0.106 e. The number of nitrogens with one attached hydrogen (secondary N) is 1. The maximum atomic E-state index is 4.37. The molecule has 0 bridgehead atoms. The van der Waals surface area contributed by atoms with E-state index >= 15 is 0 Å². The number of halogens is 1. The fourth-order valence-electron chi connectivity index (χ4n) is 1.11. The molecule has 1 aromatic heterocycles. The second kappa shape index (κ2) is 5.87. The molecule has 0 aliphatic carbocycles. The Morgan fingerprint density at radius 3 is 2.80 bits per heavy atom. The number of hydrogen-bond acceptors (Lipinski definition) is 3. The standard InChI is InChI=1S/C11H17BrN2S/c1-11(2,15-3)8-13-7-9-5-4-6-10(12)14-9/h4-6,13H,7-8H2,1-3H3. The first-order chi connectivity index (χ1) is 7.03. The van der Waals surface area contributed by atoms with Gasteiger partial charge in [0.2, 0.25) is 0 Å². The molecule has 1 N–H and O–H groups in total. The van der Waals surface area contributed by atoms with E-state index in [2.05, 4.69) is 46.3 Å². The summed E-state index contributed by atoms with van der Waals surface area (Å²) in [5.74, 6) is 0. The highest BCUT2D eigenvalue weighted by molar-refractivity contribution is 9.10. The molecule has 0 aliphatic rings. The molecular weight excluding hydrogens is 272 g/mol. The molecule has 4 heteroatoms. The van der Waals surface area contributed by atoms with Crippen molar-refractivity contribution in [1.29, 1.82) is 0 Å². The van der Waals surface area contributed by atoms with Crippen molar-refractivity contribution in [1.82, 2.24) is 10.3 Å². The van der Waals surface area contributed by atoms with Crippen LogP contribution in [-0.2, 0) is 6.54 Å². The molecule has 0 spiro atoms. The van der Waals surface area contributed by atoms with E-state index in [1.54, 1.807) is 0 Å². The highest BCUT2D eigenvalue weighted by Crippen LogP contribution is 2.19. The average Bonchev–Trinajstić information content (AvgIpc) is 2.18. The molecule has 0 unspecified atom stereocenters. The first kappa shape index (κ1) is 13.0. The van der Waals surface area contributed by atoms with E-state index in [0.29, 0.717) is 0 Å². The van der Waals surface area contributed by atoms with Crippen molar-refractivity contribution in [3.63, 3.8) is 0 Å². The van der Waals surface area contributed by atoms with Gasteiger partial charge in [-0.05, 0) is 48.2 Å². The predicted octanol–water partition coefficient (Wildman–Crippen LogP) is 3.08. The number of hydrogen-bond donors (Lipinski definition) is 1. The lowest BCUT2D eigenvalue weighted by Crippen LogP contribution is -2.31. The van der Waals surface area contributed by atoms with Crippen LogP contribution in [0.15, 0.2) is 22.8 Å². The molecule has 1 rings (SSSR count). The van der Waals surface area contributed by atoms with Gasteiger partial charge < -0.3 is 5.32 Å². The zero-order valence-electron chi connectivity index (χ0n) is 9.38. The van der Waals surface area contributed by atoms with Gasteiger partial charge in [0.25, 0.3) is 0 Å². The van der Waals surface area contributed by atoms with Crippen LogP contribution in [0.1, 0.15) is 19.5 Å². The predicted molar refractivity (Wildman–Crippen MR) is 71.2 cm³/mol. The minimum Gasteiger partial charge on any atom is -0.310 e. The molecule has 0 fully saturated rings. The summed E-state index contributed by atoms with van der Waals surface area (Å²) in [6.07, 6.45) is 2.14. The Bertz CT molecular complexity index is 315. The van der Waals surface area contributed by atoms with Gasteiger partial charge in [-0.25, -0.2) is 4.98 Å². The third-order valence-electron chi connectivity index (χ3n) is 2.18. The van der Waals surface area contributed by atoms with Crippen LogP contribution in [0.5, 0.6) is 0 Å². The van der Waals surface area contributed by atoms with Crippen molar-refractivity contribution in [2.75, 3.05) is 12.8 Å². The first-order valence-electron chi connectivity index (χ1n) is 4.91. The zero-order chi connectivity index (χ0) is 11.3. The minimum absolute atomic E-state index is 0.284. The Labute approximate surface area is 104 Å². The first-order valence-corrected chi connectivity index (χ1v) is 6.92. The summed E-state index contributed by atoms with van der Waals surface area (Å²) < 4.78 is 1.18. The van der Waals surface area contributed by atoms with Gasteiger partial charge in [0, 0.05) is 17.8 Å². The van der Waals surface area contributed by atoms with Crippen molar-refractivity contribution < 1.29 is 0 Å². The molecule has 0 radical (unpaired) electrons. The highest BCUT2D eigenvalue weighted by atomic mass is 79.9. The zero-order valence-corrected chi connectivity index (χ0v) is 11.8. The van der Waals surface area contributed by atoms with Crippen LogP contribution in [0, 0.1) is 0 Å². The van der Waals surface area contributed by atoms with Crippen molar-refractivity contribution in [3.05, 3.63) is 28.5 Å². The molecular formula is C11H17BrN2S. The van der Waals surface area contributed by atoms with Crippen molar-refractivity contribution in [2.45, 2.75) is 25.1 Å². The van der Waals surface area contributed by atoms with E-state index in [4.69, 9.17) is 0 Å². The second-order valence-electron chi connectivity index (χ2n) is 4.02. The molecule has 84 valence electrons. The third kappa shape index (κ3) is 5.00. The third-order valence-corrected chi connectivity index (χ3v) is 3.87. The summed E-state index contributed by atoms with van der Waals surface area (Å²) in [7, 11) is 0. The Morgan fingerprint density at radius 2 is 2.20 bits per heavy atom. The molecule has 0 amide bonds. The Kier molecular flexibility index (Phi) is 5.09. The molecule has 0 saturated heterocycles. The molecule has 0 aromatic carbocycles. The van der Waals surface area contributed by atoms with Crippen molar-refractivity contribution in [3.8, 4) is 0 Å². The number of thioether (sulfide) groups is 1.